The highest BCUT2D eigenvalue weighted by Crippen LogP contribution is 2.37. The van der Waals surface area contributed by atoms with Gasteiger partial charge in [0, 0.05) is 29.4 Å². The highest BCUT2D eigenvalue weighted by Gasteiger charge is 2.29. The van der Waals surface area contributed by atoms with E-state index in [9.17, 15) is 4.79 Å². The minimum Gasteiger partial charge on any atom is -0.339 e. The second-order valence-corrected chi connectivity index (χ2v) is 6.12. The van der Waals surface area contributed by atoms with Crippen LogP contribution in [0.25, 0.3) is 0 Å². The van der Waals surface area contributed by atoms with E-state index in [1.807, 2.05) is 16.8 Å². The average Bonchev–Trinajstić information content (AvgIpc) is 3.28. The first-order valence-electron chi connectivity index (χ1n) is 6.76. The molecule has 0 radical (unpaired) electrons. The largest absolute Gasteiger partial charge is 0.339 e. The van der Waals surface area contributed by atoms with Crippen molar-refractivity contribution in [3.8, 4) is 6.07 Å². The fourth-order valence-corrected chi connectivity index (χ4v) is 2.76. The first-order valence-corrected chi connectivity index (χ1v) is 7.55. The Balaban J connectivity index is 1.88. The molecule has 1 saturated carbocycles. The summed E-state index contributed by atoms with van der Waals surface area (Å²) in [5, 5.41) is 8.82. The minimum atomic E-state index is -0.0442. The highest BCUT2D eigenvalue weighted by atomic mass is 79.9. The number of benzene rings is 1. The summed E-state index contributed by atoms with van der Waals surface area (Å²) in [6.07, 6.45) is 4.22. The summed E-state index contributed by atoms with van der Waals surface area (Å²) in [6, 6.07) is 11.4. The second-order valence-electron chi connectivity index (χ2n) is 5.20. The van der Waals surface area contributed by atoms with E-state index in [2.05, 4.69) is 22.0 Å². The lowest BCUT2D eigenvalue weighted by Gasteiger charge is -2.18. The summed E-state index contributed by atoms with van der Waals surface area (Å²) < 4.78 is 2.97. The molecule has 0 spiro atoms. The van der Waals surface area contributed by atoms with Gasteiger partial charge in [0.05, 0.1) is 11.6 Å². The third-order valence-corrected chi connectivity index (χ3v) is 4.10. The summed E-state index contributed by atoms with van der Waals surface area (Å²) >= 11 is 3.44. The molecule has 1 amide bonds. The van der Waals surface area contributed by atoms with E-state index in [1.54, 1.807) is 36.2 Å². The number of halogens is 1. The number of amides is 1. The molecule has 1 aliphatic rings. The molecular weight excluding hydrogens is 330 g/mol. The Morgan fingerprint density at radius 2 is 2.05 bits per heavy atom. The van der Waals surface area contributed by atoms with Gasteiger partial charge in [-0.05, 0) is 59.1 Å². The van der Waals surface area contributed by atoms with Crippen LogP contribution in [0.2, 0.25) is 0 Å². The summed E-state index contributed by atoms with van der Waals surface area (Å²) in [5.74, 6) is -0.0442. The standard InChI is InChI=1S/C16H14BrN3O/c1-19(13-4-2-11(9-18)3-5-13)16(21)15-8-12(17)10-20(15)14-6-7-14/h2-5,8,10,14H,6-7H2,1H3. The quantitative estimate of drug-likeness (QED) is 0.852. The molecule has 1 heterocycles. The van der Waals surface area contributed by atoms with E-state index in [-0.39, 0.29) is 5.91 Å². The van der Waals surface area contributed by atoms with Crippen LogP contribution in [0, 0.1) is 11.3 Å². The van der Waals surface area contributed by atoms with Crippen molar-refractivity contribution in [2.45, 2.75) is 18.9 Å². The Labute approximate surface area is 131 Å². The lowest BCUT2D eigenvalue weighted by atomic mass is 10.2. The van der Waals surface area contributed by atoms with Gasteiger partial charge in [-0.3, -0.25) is 4.79 Å². The van der Waals surface area contributed by atoms with Gasteiger partial charge in [-0.2, -0.15) is 5.26 Å². The molecule has 0 saturated heterocycles. The number of hydrogen-bond acceptors (Lipinski definition) is 2. The van der Waals surface area contributed by atoms with Gasteiger partial charge in [0.1, 0.15) is 5.69 Å². The van der Waals surface area contributed by atoms with Crippen molar-refractivity contribution in [3.63, 3.8) is 0 Å². The van der Waals surface area contributed by atoms with E-state index in [0.29, 0.717) is 17.3 Å². The van der Waals surface area contributed by atoms with E-state index in [4.69, 9.17) is 5.26 Å². The second kappa shape index (κ2) is 5.38. The summed E-state index contributed by atoms with van der Waals surface area (Å²) in [6.45, 7) is 0. The molecule has 1 fully saturated rings. The van der Waals surface area contributed by atoms with Gasteiger partial charge in [0.25, 0.3) is 5.91 Å². The van der Waals surface area contributed by atoms with Gasteiger partial charge >= 0.3 is 0 Å². The van der Waals surface area contributed by atoms with Crippen LogP contribution in [0.3, 0.4) is 0 Å². The normalized spacial score (nSPS) is 13.8. The number of aromatic nitrogens is 1. The zero-order valence-electron chi connectivity index (χ0n) is 11.6. The number of rotatable bonds is 3. The van der Waals surface area contributed by atoms with Crippen molar-refractivity contribution >= 4 is 27.5 Å². The number of carbonyl (C=O) groups is 1. The maximum atomic E-state index is 12.7. The third kappa shape index (κ3) is 2.72. The molecule has 0 unspecified atom stereocenters. The third-order valence-electron chi connectivity index (χ3n) is 3.66. The molecule has 2 aromatic rings. The van der Waals surface area contributed by atoms with Crippen LogP contribution in [0.5, 0.6) is 0 Å². The summed E-state index contributed by atoms with van der Waals surface area (Å²) in [4.78, 5) is 14.3. The molecule has 0 bridgehead atoms. The fraction of sp³-hybridized carbons (Fsp3) is 0.250. The zero-order chi connectivity index (χ0) is 15.0. The molecule has 1 aliphatic carbocycles. The van der Waals surface area contributed by atoms with Crippen LogP contribution in [0.1, 0.15) is 34.9 Å². The van der Waals surface area contributed by atoms with Gasteiger partial charge in [-0.15, -0.1) is 0 Å². The van der Waals surface area contributed by atoms with Gasteiger partial charge < -0.3 is 9.47 Å². The van der Waals surface area contributed by atoms with Crippen molar-refractivity contribution in [2.24, 2.45) is 0 Å². The molecule has 0 N–H and O–H groups in total. The van der Waals surface area contributed by atoms with Crippen LogP contribution in [-0.4, -0.2) is 17.5 Å². The lowest BCUT2D eigenvalue weighted by molar-refractivity contribution is 0.0984. The Hall–Kier alpha value is -2.06. The number of nitriles is 1. The molecule has 1 aromatic carbocycles. The molecule has 4 nitrogen and oxygen atoms in total. The number of nitrogens with zero attached hydrogens (tertiary/aromatic N) is 3. The monoisotopic (exact) mass is 343 g/mol. The van der Waals surface area contributed by atoms with E-state index < -0.39 is 0 Å². The molecule has 5 heteroatoms. The fourth-order valence-electron chi connectivity index (χ4n) is 2.32. The molecule has 1 aromatic heterocycles. The van der Waals surface area contributed by atoms with Gasteiger partial charge in [-0.1, -0.05) is 0 Å². The summed E-state index contributed by atoms with van der Waals surface area (Å²) in [5.41, 5.74) is 2.05. The number of carbonyl (C=O) groups excluding carboxylic acids is 1. The predicted molar refractivity (Wildman–Crippen MR) is 84.3 cm³/mol. The van der Waals surface area contributed by atoms with Crippen molar-refractivity contribution in [2.75, 3.05) is 11.9 Å². The lowest BCUT2D eigenvalue weighted by Crippen LogP contribution is -2.28. The molecular formula is C16H14BrN3O. The van der Waals surface area contributed by atoms with E-state index >= 15 is 0 Å². The molecule has 3 rings (SSSR count). The molecule has 0 aliphatic heterocycles. The minimum absolute atomic E-state index is 0.0442. The Morgan fingerprint density at radius 1 is 1.38 bits per heavy atom. The average molecular weight is 344 g/mol. The number of hydrogen-bond donors (Lipinski definition) is 0. The molecule has 0 atom stereocenters. The predicted octanol–water partition coefficient (Wildman–Crippen LogP) is 3.73. The zero-order valence-corrected chi connectivity index (χ0v) is 13.2. The van der Waals surface area contributed by atoms with E-state index in [1.165, 1.54) is 0 Å². The van der Waals surface area contributed by atoms with Gasteiger partial charge in [0.2, 0.25) is 0 Å². The Morgan fingerprint density at radius 3 is 2.62 bits per heavy atom. The highest BCUT2D eigenvalue weighted by molar-refractivity contribution is 9.10. The first kappa shape index (κ1) is 13.9. The van der Waals surface area contributed by atoms with Crippen LogP contribution in [0.15, 0.2) is 41.0 Å². The topological polar surface area (TPSA) is 49.0 Å². The molecule has 21 heavy (non-hydrogen) atoms. The van der Waals surface area contributed by atoms with Crippen LogP contribution in [0.4, 0.5) is 5.69 Å². The number of anilines is 1. The van der Waals surface area contributed by atoms with Crippen molar-refractivity contribution in [3.05, 3.63) is 52.3 Å². The summed E-state index contributed by atoms with van der Waals surface area (Å²) in [7, 11) is 1.75. The van der Waals surface area contributed by atoms with Crippen molar-refractivity contribution in [1.82, 2.24) is 4.57 Å². The van der Waals surface area contributed by atoms with E-state index in [0.717, 1.165) is 23.0 Å². The van der Waals surface area contributed by atoms with Crippen LogP contribution >= 0.6 is 15.9 Å². The van der Waals surface area contributed by atoms with Crippen LogP contribution < -0.4 is 4.90 Å². The van der Waals surface area contributed by atoms with Crippen molar-refractivity contribution < 1.29 is 4.79 Å². The first-order chi connectivity index (χ1) is 10.1. The van der Waals surface area contributed by atoms with Gasteiger partial charge in [-0.25, -0.2) is 0 Å². The maximum Gasteiger partial charge on any atom is 0.274 e. The Bertz CT molecular complexity index is 723. The van der Waals surface area contributed by atoms with Crippen molar-refractivity contribution in [1.29, 1.82) is 5.26 Å². The van der Waals surface area contributed by atoms with Crippen LogP contribution in [-0.2, 0) is 0 Å². The maximum absolute atomic E-state index is 12.7. The molecule has 106 valence electrons. The Kier molecular flexibility index (Phi) is 3.56. The smallest absolute Gasteiger partial charge is 0.274 e. The van der Waals surface area contributed by atoms with Gasteiger partial charge in [0.15, 0.2) is 0 Å². The SMILES string of the molecule is CN(C(=O)c1cc(Br)cn1C1CC1)c1ccc(C#N)cc1.